The van der Waals surface area contributed by atoms with Crippen LogP contribution in [0.1, 0.15) is 47.0 Å². The van der Waals surface area contributed by atoms with Crippen molar-refractivity contribution in [2.45, 2.75) is 58.6 Å². The molecule has 0 unspecified atom stereocenters. The number of nitrogens with one attached hydrogen (secondary N) is 1. The number of ether oxygens (including phenoxy) is 1. The van der Waals surface area contributed by atoms with Gasteiger partial charge in [0.2, 0.25) is 5.91 Å². The Morgan fingerprint density at radius 3 is 2.39 bits per heavy atom. The molecule has 0 aromatic carbocycles. The second-order valence-corrected chi connectivity index (χ2v) is 7.76. The second-order valence-electron chi connectivity index (χ2n) is 7.76. The molecule has 0 aromatic heterocycles. The average Bonchev–Trinajstić information content (AvgIpc) is 2.46. The second kappa shape index (κ2) is 7.51. The predicted molar refractivity (Wildman–Crippen MR) is 89.2 cm³/mol. The molecule has 23 heavy (non-hydrogen) atoms. The molecule has 6 heteroatoms. The average molecular weight is 325 g/mol. The lowest BCUT2D eigenvalue weighted by Crippen LogP contribution is -2.56. The Hall–Kier alpha value is -1.30. The van der Waals surface area contributed by atoms with Gasteiger partial charge >= 0.3 is 6.09 Å². The Bertz CT molecular complexity index is 427. The number of hydrogen-bond donors (Lipinski definition) is 1. The van der Waals surface area contributed by atoms with Crippen molar-refractivity contribution in [3.8, 4) is 0 Å². The molecule has 0 aromatic rings. The van der Waals surface area contributed by atoms with Gasteiger partial charge in [0.05, 0.1) is 0 Å². The molecule has 6 nitrogen and oxygen atoms in total. The molecule has 0 bridgehead atoms. The Kier molecular flexibility index (Phi) is 5.89. The van der Waals surface area contributed by atoms with Gasteiger partial charge in [-0.2, -0.15) is 0 Å². The predicted octanol–water partition coefficient (Wildman–Crippen LogP) is 1.84. The summed E-state index contributed by atoms with van der Waals surface area (Å²) in [5, 5.41) is 3.33. The van der Waals surface area contributed by atoms with Gasteiger partial charge in [-0.15, -0.1) is 0 Å². The van der Waals surface area contributed by atoms with Crippen LogP contribution in [0.3, 0.4) is 0 Å². The van der Waals surface area contributed by atoms with E-state index >= 15 is 0 Å². The van der Waals surface area contributed by atoms with Crippen molar-refractivity contribution in [1.29, 1.82) is 0 Å². The normalized spacial score (nSPS) is 23.7. The summed E-state index contributed by atoms with van der Waals surface area (Å²) in [6.45, 7) is 11.3. The standard InChI is InChI=1S/C17H31N3O3/c1-13-12-19(16(22)23-17(2,3)4)9-10-20(13)15(21)11-14-5-7-18-8-6-14/h13-14,18H,5-12H2,1-4H3/t13-/m0/s1. The number of rotatable bonds is 2. The first-order valence-corrected chi connectivity index (χ1v) is 8.74. The minimum absolute atomic E-state index is 0.0467. The highest BCUT2D eigenvalue weighted by atomic mass is 16.6. The molecular formula is C17H31N3O3. The molecule has 2 fully saturated rings. The summed E-state index contributed by atoms with van der Waals surface area (Å²) < 4.78 is 5.42. The third-order valence-corrected chi connectivity index (χ3v) is 4.52. The third-order valence-electron chi connectivity index (χ3n) is 4.52. The maximum absolute atomic E-state index is 12.6. The highest BCUT2D eigenvalue weighted by Gasteiger charge is 2.32. The summed E-state index contributed by atoms with van der Waals surface area (Å²) in [5.41, 5.74) is -0.484. The number of piperazine rings is 1. The highest BCUT2D eigenvalue weighted by Crippen LogP contribution is 2.20. The minimum Gasteiger partial charge on any atom is -0.444 e. The van der Waals surface area contributed by atoms with Crippen molar-refractivity contribution in [3.05, 3.63) is 0 Å². The maximum atomic E-state index is 12.6. The number of nitrogens with zero attached hydrogens (tertiary/aromatic N) is 2. The molecule has 0 saturated carbocycles. The smallest absolute Gasteiger partial charge is 0.410 e. The molecule has 0 spiro atoms. The van der Waals surface area contributed by atoms with Crippen molar-refractivity contribution < 1.29 is 14.3 Å². The first-order chi connectivity index (χ1) is 10.8. The van der Waals surface area contributed by atoms with E-state index in [0.29, 0.717) is 32.0 Å². The van der Waals surface area contributed by atoms with E-state index in [9.17, 15) is 9.59 Å². The maximum Gasteiger partial charge on any atom is 0.410 e. The van der Waals surface area contributed by atoms with E-state index < -0.39 is 5.60 Å². The molecule has 2 rings (SSSR count). The largest absolute Gasteiger partial charge is 0.444 e. The third kappa shape index (κ3) is 5.37. The summed E-state index contributed by atoms with van der Waals surface area (Å²) >= 11 is 0. The van der Waals surface area contributed by atoms with Crippen molar-refractivity contribution in [2.75, 3.05) is 32.7 Å². The van der Waals surface area contributed by atoms with Crippen LogP contribution in [0, 0.1) is 5.92 Å². The molecule has 2 heterocycles. The van der Waals surface area contributed by atoms with Crippen LogP contribution in [-0.2, 0) is 9.53 Å². The zero-order valence-corrected chi connectivity index (χ0v) is 14.9. The Labute approximate surface area is 139 Å². The van der Waals surface area contributed by atoms with Gasteiger partial charge in [0.25, 0.3) is 0 Å². The van der Waals surface area contributed by atoms with E-state index in [1.165, 1.54) is 0 Å². The lowest BCUT2D eigenvalue weighted by molar-refractivity contribution is -0.136. The number of piperidine rings is 1. The first-order valence-electron chi connectivity index (χ1n) is 8.74. The highest BCUT2D eigenvalue weighted by molar-refractivity contribution is 5.77. The van der Waals surface area contributed by atoms with Crippen molar-refractivity contribution in [1.82, 2.24) is 15.1 Å². The van der Waals surface area contributed by atoms with Crippen LogP contribution in [0.2, 0.25) is 0 Å². The van der Waals surface area contributed by atoms with Crippen molar-refractivity contribution in [2.24, 2.45) is 5.92 Å². The summed E-state index contributed by atoms with van der Waals surface area (Å²) in [5.74, 6) is 0.730. The fourth-order valence-corrected chi connectivity index (χ4v) is 3.27. The molecule has 0 radical (unpaired) electrons. The fourth-order valence-electron chi connectivity index (χ4n) is 3.27. The van der Waals surface area contributed by atoms with Gasteiger partial charge < -0.3 is 19.9 Å². The summed E-state index contributed by atoms with van der Waals surface area (Å²) in [7, 11) is 0. The first kappa shape index (κ1) is 18.0. The van der Waals surface area contributed by atoms with Crippen LogP contribution in [0.4, 0.5) is 4.79 Å². The van der Waals surface area contributed by atoms with Gasteiger partial charge in [-0.05, 0) is 59.5 Å². The summed E-state index contributed by atoms with van der Waals surface area (Å²) in [4.78, 5) is 28.3. The van der Waals surface area contributed by atoms with Gasteiger partial charge in [0.15, 0.2) is 0 Å². The zero-order chi connectivity index (χ0) is 17.0. The van der Waals surface area contributed by atoms with E-state index in [0.717, 1.165) is 25.9 Å². The molecule has 1 atom stereocenters. The topological polar surface area (TPSA) is 61.9 Å². The fraction of sp³-hybridized carbons (Fsp3) is 0.882. The van der Waals surface area contributed by atoms with Crippen molar-refractivity contribution >= 4 is 12.0 Å². The van der Waals surface area contributed by atoms with E-state index in [4.69, 9.17) is 4.74 Å². The van der Waals surface area contributed by atoms with E-state index in [-0.39, 0.29) is 18.0 Å². The monoisotopic (exact) mass is 325 g/mol. The summed E-state index contributed by atoms with van der Waals surface area (Å²) in [6.07, 6.45) is 2.52. The summed E-state index contributed by atoms with van der Waals surface area (Å²) in [6, 6.07) is 0.0467. The quantitative estimate of drug-likeness (QED) is 0.841. The van der Waals surface area contributed by atoms with Gasteiger partial charge in [-0.1, -0.05) is 0 Å². The van der Waals surface area contributed by atoms with Crippen LogP contribution >= 0.6 is 0 Å². The van der Waals surface area contributed by atoms with Crippen LogP contribution in [0.25, 0.3) is 0 Å². The molecule has 2 aliphatic heterocycles. The lowest BCUT2D eigenvalue weighted by atomic mass is 9.93. The van der Waals surface area contributed by atoms with E-state index in [2.05, 4.69) is 5.32 Å². The lowest BCUT2D eigenvalue weighted by Gasteiger charge is -2.40. The molecule has 2 amide bonds. The Morgan fingerprint density at radius 1 is 1.17 bits per heavy atom. The molecule has 2 aliphatic rings. The molecule has 2 saturated heterocycles. The SMILES string of the molecule is C[C@H]1CN(C(=O)OC(C)(C)C)CCN1C(=O)CC1CCNCC1. The number of carbonyl (C=O) groups excluding carboxylic acids is 2. The number of hydrogen-bond acceptors (Lipinski definition) is 4. The Morgan fingerprint density at radius 2 is 1.83 bits per heavy atom. The van der Waals surface area contributed by atoms with Crippen LogP contribution < -0.4 is 5.32 Å². The molecule has 1 N–H and O–H groups in total. The van der Waals surface area contributed by atoms with Crippen LogP contribution in [-0.4, -0.2) is 66.2 Å². The van der Waals surface area contributed by atoms with Crippen LogP contribution in [0.5, 0.6) is 0 Å². The van der Waals surface area contributed by atoms with Crippen molar-refractivity contribution in [3.63, 3.8) is 0 Å². The molecular weight excluding hydrogens is 294 g/mol. The van der Waals surface area contributed by atoms with Gasteiger partial charge in [0, 0.05) is 32.1 Å². The van der Waals surface area contributed by atoms with E-state index in [1.54, 1.807) is 4.90 Å². The van der Waals surface area contributed by atoms with Gasteiger partial charge in [-0.3, -0.25) is 4.79 Å². The van der Waals surface area contributed by atoms with Gasteiger partial charge in [-0.25, -0.2) is 4.79 Å². The zero-order valence-electron chi connectivity index (χ0n) is 14.9. The molecule has 0 aliphatic carbocycles. The number of amides is 2. The minimum atomic E-state index is -0.484. The Balaban J connectivity index is 1.83. The van der Waals surface area contributed by atoms with E-state index in [1.807, 2.05) is 32.6 Å². The van der Waals surface area contributed by atoms with Gasteiger partial charge in [0.1, 0.15) is 5.60 Å². The van der Waals surface area contributed by atoms with Crippen LogP contribution in [0.15, 0.2) is 0 Å². The number of carbonyl (C=O) groups is 2. The molecule has 132 valence electrons.